The van der Waals surface area contributed by atoms with Gasteiger partial charge in [0.15, 0.2) is 0 Å². The van der Waals surface area contributed by atoms with Crippen LogP contribution in [0, 0.1) is 0 Å². The normalized spacial score (nSPS) is 14.0. The van der Waals surface area contributed by atoms with Gasteiger partial charge in [0.1, 0.15) is 22.8 Å². The number of hydrogen-bond acceptors (Lipinski definition) is 8. The summed E-state index contributed by atoms with van der Waals surface area (Å²) in [6.45, 7) is 22.1. The van der Waals surface area contributed by atoms with E-state index < -0.39 is 35.3 Å². The number of hydrogen-bond donors (Lipinski definition) is 2. The number of anilines is 2. The summed E-state index contributed by atoms with van der Waals surface area (Å²) in [5.41, 5.74) is 5.92. The molecule has 0 aromatic heterocycles. The summed E-state index contributed by atoms with van der Waals surface area (Å²) >= 11 is 0. The average molecular weight is 962 g/mol. The lowest BCUT2D eigenvalue weighted by molar-refractivity contribution is 0.0527. The second-order valence-electron chi connectivity index (χ2n) is 21.4. The maximum atomic E-state index is 15.4. The Labute approximate surface area is 419 Å². The van der Waals surface area contributed by atoms with Gasteiger partial charge in [0.25, 0.3) is 23.6 Å². The van der Waals surface area contributed by atoms with Crippen molar-refractivity contribution in [3.63, 3.8) is 0 Å². The van der Waals surface area contributed by atoms with Crippen molar-refractivity contribution in [2.24, 2.45) is 0 Å². The summed E-state index contributed by atoms with van der Waals surface area (Å²) in [6, 6.07) is 29.4. The van der Waals surface area contributed by atoms with Crippen LogP contribution in [0.4, 0.5) is 16.2 Å². The summed E-state index contributed by atoms with van der Waals surface area (Å²) in [5, 5.41) is 19.0. The zero-order chi connectivity index (χ0) is 51.4. The SMILES string of the molecule is CC(C)c1cccc(C(C)C)c1N1C(=O)c2ccc3c4c(Oc5ccc(CCNC(=O)OC(C)(C)C)cc5)cc5c6c(ccc(c7c(O)cc(c2c37)C1=O)c64)C(=O)N(c1c(C(C)C)cccc1C(C)C)C5=O. The van der Waals surface area contributed by atoms with E-state index in [1.807, 2.05) is 143 Å². The largest absolute Gasteiger partial charge is 0.507 e. The van der Waals surface area contributed by atoms with Crippen molar-refractivity contribution in [3.05, 3.63) is 147 Å². The number of nitrogens with zero attached hydrogens (tertiary/aromatic N) is 2. The number of aromatic hydroxyl groups is 1. The Hall–Kier alpha value is -7.79. The quantitative estimate of drug-likeness (QED) is 0.0741. The summed E-state index contributed by atoms with van der Waals surface area (Å²) in [7, 11) is 0. The molecular formula is C61H59N3O8. The molecule has 10 rings (SSSR count). The highest BCUT2D eigenvalue weighted by molar-refractivity contribution is 6.46. The zero-order valence-corrected chi connectivity index (χ0v) is 42.7. The maximum absolute atomic E-state index is 15.4. The Morgan fingerprint density at radius 1 is 0.542 bits per heavy atom. The summed E-state index contributed by atoms with van der Waals surface area (Å²) in [5.74, 6) is -1.48. The number of phenols is 1. The Bertz CT molecular complexity index is 3560. The molecule has 0 atom stereocenters. The van der Waals surface area contributed by atoms with Crippen LogP contribution in [0.25, 0.3) is 43.1 Å². The van der Waals surface area contributed by atoms with Gasteiger partial charge in [-0.2, -0.15) is 0 Å². The fourth-order valence-corrected chi connectivity index (χ4v) is 10.9. The number of alkyl carbamates (subject to hydrolysis) is 1. The van der Waals surface area contributed by atoms with Gasteiger partial charge in [-0.1, -0.05) is 116 Å². The first kappa shape index (κ1) is 47.9. The molecule has 0 spiro atoms. The maximum Gasteiger partial charge on any atom is 0.407 e. The van der Waals surface area contributed by atoms with Crippen molar-refractivity contribution in [1.29, 1.82) is 0 Å². The van der Waals surface area contributed by atoms with Crippen LogP contribution in [-0.4, -0.2) is 47.0 Å². The van der Waals surface area contributed by atoms with Gasteiger partial charge in [0, 0.05) is 50.0 Å². The van der Waals surface area contributed by atoms with Crippen molar-refractivity contribution < 1.29 is 38.6 Å². The topological polar surface area (TPSA) is 143 Å². The van der Waals surface area contributed by atoms with Crippen LogP contribution in [0.3, 0.4) is 0 Å². The third-order valence-electron chi connectivity index (χ3n) is 14.1. The summed E-state index contributed by atoms with van der Waals surface area (Å²) < 4.78 is 12.3. The number of fused-ring (bicyclic) bond motifs is 2. The van der Waals surface area contributed by atoms with Crippen LogP contribution in [0.5, 0.6) is 17.2 Å². The number of ether oxygens (including phenoxy) is 2. The van der Waals surface area contributed by atoms with Gasteiger partial charge in [0.2, 0.25) is 0 Å². The molecule has 8 aromatic carbocycles. The molecule has 0 radical (unpaired) electrons. The van der Waals surface area contributed by atoms with Gasteiger partial charge >= 0.3 is 6.09 Å². The first-order chi connectivity index (χ1) is 34.2. The molecule has 0 saturated carbocycles. The van der Waals surface area contributed by atoms with Gasteiger partial charge < -0.3 is 19.9 Å². The minimum atomic E-state index is -0.623. The molecule has 2 aliphatic heterocycles. The molecule has 5 amide bonds. The molecule has 0 bridgehead atoms. The Morgan fingerprint density at radius 3 is 1.43 bits per heavy atom. The number of para-hydroxylation sites is 2. The van der Waals surface area contributed by atoms with E-state index in [1.165, 1.54) is 15.9 Å². The summed E-state index contributed by atoms with van der Waals surface area (Å²) in [4.78, 5) is 75.8. The highest BCUT2D eigenvalue weighted by Gasteiger charge is 2.42. The fraction of sp³-hybridized carbons (Fsp3) is 0.295. The van der Waals surface area contributed by atoms with Gasteiger partial charge in [0.05, 0.1) is 22.5 Å². The van der Waals surface area contributed by atoms with Gasteiger partial charge in [-0.05, 0) is 126 Å². The molecule has 8 aromatic rings. The van der Waals surface area contributed by atoms with Crippen molar-refractivity contribution >= 4 is 84.2 Å². The van der Waals surface area contributed by atoms with Gasteiger partial charge in [-0.3, -0.25) is 19.2 Å². The predicted molar refractivity (Wildman–Crippen MR) is 285 cm³/mol. The fourth-order valence-electron chi connectivity index (χ4n) is 10.9. The predicted octanol–water partition coefficient (Wildman–Crippen LogP) is 14.4. The number of benzene rings is 8. The molecule has 11 nitrogen and oxygen atoms in total. The number of carbonyl (C=O) groups is 5. The van der Waals surface area contributed by atoms with Crippen LogP contribution >= 0.6 is 0 Å². The van der Waals surface area contributed by atoms with E-state index in [4.69, 9.17) is 9.47 Å². The number of carbonyl (C=O) groups excluding carboxylic acids is 5. The molecular weight excluding hydrogens is 903 g/mol. The van der Waals surface area contributed by atoms with Crippen molar-refractivity contribution in [3.8, 4) is 17.2 Å². The molecule has 0 unspecified atom stereocenters. The Morgan fingerprint density at radius 2 is 0.972 bits per heavy atom. The van der Waals surface area contributed by atoms with Crippen LogP contribution in [-0.2, 0) is 11.2 Å². The molecule has 366 valence electrons. The average Bonchev–Trinajstić information content (AvgIpc) is 3.32. The lowest BCUT2D eigenvalue weighted by Gasteiger charge is -2.34. The Balaban J connectivity index is 1.20. The van der Waals surface area contributed by atoms with Crippen LogP contribution in [0.1, 0.15) is 169 Å². The van der Waals surface area contributed by atoms with E-state index in [-0.39, 0.29) is 40.5 Å². The van der Waals surface area contributed by atoms with Gasteiger partial charge in [-0.25, -0.2) is 14.6 Å². The van der Waals surface area contributed by atoms with E-state index in [0.717, 1.165) is 27.8 Å². The standard InChI is InChI=1S/C61H59N3O8/c1-30(2)36-14-12-15-37(31(3)4)54(36)63-56(66)42-25-23-41-51-47(71-35-20-18-34(19-21-35)26-27-62-60(70)72-61(9,10)11)29-45-49-43(24-22-40(53(49)51)50-46(65)28-44(58(63)68)48(42)52(41)50)57(67)64(59(45)69)55-38(32(5)6)16-13-17-39(55)33(7)8/h12-25,28-33,65H,26-27H2,1-11H3,(H,62,70). The minimum Gasteiger partial charge on any atom is -0.507 e. The molecule has 2 N–H and O–H groups in total. The van der Waals surface area contributed by atoms with E-state index in [0.29, 0.717) is 90.1 Å². The van der Waals surface area contributed by atoms with Crippen LogP contribution < -0.4 is 19.9 Å². The highest BCUT2D eigenvalue weighted by atomic mass is 16.6. The highest BCUT2D eigenvalue weighted by Crippen LogP contribution is 2.53. The van der Waals surface area contributed by atoms with Crippen molar-refractivity contribution in [2.75, 3.05) is 16.3 Å². The number of rotatable bonds is 11. The third-order valence-corrected chi connectivity index (χ3v) is 14.1. The lowest BCUT2D eigenvalue weighted by Crippen LogP contribution is -2.42. The number of amides is 5. The van der Waals surface area contributed by atoms with Crippen LogP contribution in [0.15, 0.2) is 97.1 Å². The van der Waals surface area contributed by atoms with Crippen LogP contribution in [0.2, 0.25) is 0 Å². The first-order valence-corrected chi connectivity index (χ1v) is 24.9. The number of phenolic OH excluding ortho intramolecular Hbond substituents is 1. The third kappa shape index (κ3) is 7.59. The van der Waals surface area contributed by atoms with E-state index >= 15 is 19.2 Å². The van der Waals surface area contributed by atoms with E-state index in [1.54, 1.807) is 24.3 Å². The molecule has 2 heterocycles. The summed E-state index contributed by atoms with van der Waals surface area (Å²) in [6.07, 6.45) is 0.0231. The smallest absolute Gasteiger partial charge is 0.407 e. The molecule has 0 aliphatic carbocycles. The number of imide groups is 2. The van der Waals surface area contributed by atoms with Crippen molar-refractivity contribution in [1.82, 2.24) is 5.32 Å². The molecule has 2 aliphatic rings. The van der Waals surface area contributed by atoms with Gasteiger partial charge in [-0.15, -0.1) is 0 Å². The lowest BCUT2D eigenvalue weighted by atomic mass is 9.81. The monoisotopic (exact) mass is 961 g/mol. The molecule has 0 saturated heterocycles. The second-order valence-corrected chi connectivity index (χ2v) is 21.4. The number of nitrogens with one attached hydrogen (secondary N) is 1. The Kier molecular flexibility index (Phi) is 11.6. The molecule has 0 fully saturated rings. The minimum absolute atomic E-state index is 0.00748. The van der Waals surface area contributed by atoms with E-state index in [9.17, 15) is 9.90 Å². The second kappa shape index (κ2) is 17.5. The molecule has 72 heavy (non-hydrogen) atoms. The first-order valence-electron chi connectivity index (χ1n) is 24.9. The zero-order valence-electron chi connectivity index (χ0n) is 42.7. The van der Waals surface area contributed by atoms with E-state index in [2.05, 4.69) is 5.32 Å². The van der Waals surface area contributed by atoms with Crippen molar-refractivity contribution in [2.45, 2.75) is 112 Å². The molecule has 11 heteroatoms.